The highest BCUT2D eigenvalue weighted by Crippen LogP contribution is 2.22. The van der Waals surface area contributed by atoms with Gasteiger partial charge in [0.05, 0.1) is 0 Å². The fraction of sp³-hybridized carbons (Fsp3) is 0.381. The summed E-state index contributed by atoms with van der Waals surface area (Å²) in [5.74, 6) is -0.639. The number of aromatic nitrogens is 1. The van der Waals surface area contributed by atoms with E-state index in [-0.39, 0.29) is 24.9 Å². The monoisotopic (exact) mass is 385 g/mol. The summed E-state index contributed by atoms with van der Waals surface area (Å²) in [6.07, 6.45) is 3.78. The first-order chi connectivity index (χ1) is 13.6. The molecule has 6 nitrogen and oxygen atoms in total. The molecule has 0 spiro atoms. The van der Waals surface area contributed by atoms with Gasteiger partial charge in [-0.1, -0.05) is 12.1 Å². The summed E-state index contributed by atoms with van der Waals surface area (Å²) < 4.78 is 18.6. The molecule has 0 aliphatic carbocycles. The number of anilines is 1. The standard InChI is InChI=1S/C21H24FN3O3/c1-2-24(14-16-7-5-8-17(22)13-16)19(26)15-28-21(27)18-9-6-10-23-20(18)25-11-3-4-12-25/h5-10,13H,2-4,11-12,14-15H2,1H3. The number of carbonyl (C=O) groups excluding carboxylic acids is 2. The van der Waals surface area contributed by atoms with E-state index in [0.29, 0.717) is 23.5 Å². The van der Waals surface area contributed by atoms with Crippen molar-refractivity contribution in [3.63, 3.8) is 0 Å². The van der Waals surface area contributed by atoms with Crippen LogP contribution in [0.2, 0.25) is 0 Å². The number of benzene rings is 1. The lowest BCUT2D eigenvalue weighted by atomic mass is 10.2. The van der Waals surface area contributed by atoms with Crippen LogP contribution in [0.1, 0.15) is 35.7 Å². The van der Waals surface area contributed by atoms with Crippen LogP contribution in [0.15, 0.2) is 42.6 Å². The molecule has 1 aromatic carbocycles. The topological polar surface area (TPSA) is 62.7 Å². The van der Waals surface area contributed by atoms with Gasteiger partial charge in [0.25, 0.3) is 5.91 Å². The minimum atomic E-state index is -0.565. The largest absolute Gasteiger partial charge is 0.452 e. The summed E-state index contributed by atoms with van der Waals surface area (Å²) in [7, 11) is 0. The molecule has 1 aromatic heterocycles. The normalized spacial score (nSPS) is 13.4. The molecule has 28 heavy (non-hydrogen) atoms. The van der Waals surface area contributed by atoms with Gasteiger partial charge in [0.15, 0.2) is 6.61 Å². The van der Waals surface area contributed by atoms with Crippen molar-refractivity contribution in [3.8, 4) is 0 Å². The van der Waals surface area contributed by atoms with Gasteiger partial charge in [-0.15, -0.1) is 0 Å². The molecule has 0 bridgehead atoms. The SMILES string of the molecule is CCN(Cc1cccc(F)c1)C(=O)COC(=O)c1cccnc1N1CCCC1. The predicted molar refractivity (Wildman–Crippen MR) is 103 cm³/mol. The molecule has 1 saturated heterocycles. The van der Waals surface area contributed by atoms with Gasteiger partial charge in [0.2, 0.25) is 0 Å². The molecular formula is C21H24FN3O3. The molecule has 1 fully saturated rings. The second-order valence-corrected chi connectivity index (χ2v) is 6.68. The zero-order chi connectivity index (χ0) is 19.9. The molecule has 1 amide bonds. The number of pyridine rings is 1. The van der Waals surface area contributed by atoms with Gasteiger partial charge in [-0.25, -0.2) is 14.2 Å². The van der Waals surface area contributed by atoms with Crippen LogP contribution in [-0.2, 0) is 16.1 Å². The van der Waals surface area contributed by atoms with Crippen molar-refractivity contribution in [1.82, 2.24) is 9.88 Å². The number of amides is 1. The molecule has 0 atom stereocenters. The van der Waals surface area contributed by atoms with E-state index in [0.717, 1.165) is 25.9 Å². The number of hydrogen-bond acceptors (Lipinski definition) is 5. The zero-order valence-electron chi connectivity index (χ0n) is 15.9. The molecule has 3 rings (SSSR count). The Labute approximate surface area is 163 Å². The molecule has 148 valence electrons. The molecule has 0 N–H and O–H groups in total. The minimum absolute atomic E-state index is 0.260. The third kappa shape index (κ3) is 4.85. The summed E-state index contributed by atoms with van der Waals surface area (Å²) in [6.45, 7) is 3.86. The lowest BCUT2D eigenvalue weighted by molar-refractivity contribution is -0.134. The summed E-state index contributed by atoms with van der Waals surface area (Å²) >= 11 is 0. The van der Waals surface area contributed by atoms with E-state index in [1.165, 1.54) is 17.0 Å². The van der Waals surface area contributed by atoms with Gasteiger partial charge >= 0.3 is 5.97 Å². The number of esters is 1. The Morgan fingerprint density at radius 1 is 1.21 bits per heavy atom. The van der Waals surface area contributed by atoms with Crippen molar-refractivity contribution in [2.75, 3.05) is 31.1 Å². The van der Waals surface area contributed by atoms with Crippen LogP contribution >= 0.6 is 0 Å². The lowest BCUT2D eigenvalue weighted by Gasteiger charge is -2.22. The number of ether oxygens (including phenoxy) is 1. The maximum absolute atomic E-state index is 13.3. The number of nitrogens with zero attached hydrogens (tertiary/aromatic N) is 3. The van der Waals surface area contributed by atoms with Gasteiger partial charge in [-0.2, -0.15) is 0 Å². The lowest BCUT2D eigenvalue weighted by Crippen LogP contribution is -2.34. The average Bonchev–Trinajstić information content (AvgIpc) is 3.24. The van der Waals surface area contributed by atoms with E-state index in [9.17, 15) is 14.0 Å². The third-order valence-electron chi connectivity index (χ3n) is 4.74. The van der Waals surface area contributed by atoms with Crippen molar-refractivity contribution in [3.05, 3.63) is 59.5 Å². The number of likely N-dealkylation sites (N-methyl/N-ethyl adjacent to an activating group) is 1. The van der Waals surface area contributed by atoms with Crippen LogP contribution in [0.4, 0.5) is 10.2 Å². The van der Waals surface area contributed by atoms with Crippen molar-refractivity contribution in [2.24, 2.45) is 0 Å². The minimum Gasteiger partial charge on any atom is -0.452 e. The fourth-order valence-corrected chi connectivity index (χ4v) is 3.27. The van der Waals surface area contributed by atoms with Crippen LogP contribution in [0.5, 0.6) is 0 Å². The van der Waals surface area contributed by atoms with Crippen molar-refractivity contribution in [1.29, 1.82) is 0 Å². The molecule has 2 aromatic rings. The Morgan fingerprint density at radius 2 is 2.00 bits per heavy atom. The average molecular weight is 385 g/mol. The summed E-state index contributed by atoms with van der Waals surface area (Å²) in [5.41, 5.74) is 1.05. The number of hydrogen-bond donors (Lipinski definition) is 0. The Hall–Kier alpha value is -2.96. The van der Waals surface area contributed by atoms with Gasteiger partial charge in [0, 0.05) is 32.4 Å². The second-order valence-electron chi connectivity index (χ2n) is 6.68. The van der Waals surface area contributed by atoms with Crippen LogP contribution < -0.4 is 4.90 Å². The number of carbonyl (C=O) groups is 2. The van der Waals surface area contributed by atoms with Crippen LogP contribution in [-0.4, -0.2) is 48.0 Å². The summed E-state index contributed by atoms with van der Waals surface area (Å²) in [4.78, 5) is 32.9. The van der Waals surface area contributed by atoms with Gasteiger partial charge < -0.3 is 14.5 Å². The molecular weight excluding hydrogens is 361 g/mol. The molecule has 1 aliphatic heterocycles. The molecule has 1 aliphatic rings. The zero-order valence-corrected chi connectivity index (χ0v) is 15.9. The maximum Gasteiger partial charge on any atom is 0.342 e. The highest BCUT2D eigenvalue weighted by atomic mass is 19.1. The van der Waals surface area contributed by atoms with Gasteiger partial charge in [0.1, 0.15) is 17.2 Å². The molecule has 7 heteroatoms. The summed E-state index contributed by atoms with van der Waals surface area (Å²) in [6, 6.07) is 9.45. The number of halogens is 1. The first kappa shape index (κ1) is 19.8. The first-order valence-electron chi connectivity index (χ1n) is 9.47. The third-order valence-corrected chi connectivity index (χ3v) is 4.74. The quantitative estimate of drug-likeness (QED) is 0.686. The van der Waals surface area contributed by atoms with Gasteiger partial charge in [-0.05, 0) is 49.6 Å². The fourth-order valence-electron chi connectivity index (χ4n) is 3.27. The van der Waals surface area contributed by atoms with E-state index in [2.05, 4.69) is 9.88 Å². The van der Waals surface area contributed by atoms with E-state index in [4.69, 9.17) is 4.74 Å². The highest BCUT2D eigenvalue weighted by molar-refractivity contribution is 5.96. The predicted octanol–water partition coefficient (Wildman–Crippen LogP) is 3.03. The van der Waals surface area contributed by atoms with Crippen LogP contribution in [0.25, 0.3) is 0 Å². The smallest absolute Gasteiger partial charge is 0.342 e. The molecule has 2 heterocycles. The van der Waals surface area contributed by atoms with Crippen molar-refractivity contribution in [2.45, 2.75) is 26.3 Å². The Bertz CT molecular complexity index is 837. The van der Waals surface area contributed by atoms with Gasteiger partial charge in [-0.3, -0.25) is 4.79 Å². The highest BCUT2D eigenvalue weighted by Gasteiger charge is 2.22. The Balaban J connectivity index is 1.61. The Morgan fingerprint density at radius 3 is 2.71 bits per heavy atom. The Kier molecular flexibility index (Phi) is 6.57. The number of rotatable bonds is 7. The maximum atomic E-state index is 13.3. The van der Waals surface area contributed by atoms with E-state index < -0.39 is 5.97 Å². The first-order valence-corrected chi connectivity index (χ1v) is 9.47. The molecule has 0 unspecified atom stereocenters. The summed E-state index contributed by atoms with van der Waals surface area (Å²) in [5, 5.41) is 0. The van der Waals surface area contributed by atoms with Crippen LogP contribution in [0.3, 0.4) is 0 Å². The van der Waals surface area contributed by atoms with E-state index in [1.54, 1.807) is 30.5 Å². The van der Waals surface area contributed by atoms with Crippen molar-refractivity contribution < 1.29 is 18.7 Å². The van der Waals surface area contributed by atoms with Crippen molar-refractivity contribution >= 4 is 17.7 Å². The van der Waals surface area contributed by atoms with E-state index >= 15 is 0 Å². The van der Waals surface area contributed by atoms with Crippen LogP contribution in [0, 0.1) is 5.82 Å². The molecule has 0 radical (unpaired) electrons. The van der Waals surface area contributed by atoms with E-state index in [1.807, 2.05) is 6.92 Å². The molecule has 0 saturated carbocycles. The second kappa shape index (κ2) is 9.30.